The first kappa shape index (κ1) is 15.7. The lowest BCUT2D eigenvalue weighted by molar-refractivity contribution is -0.122. The molecular weight excluding hydrogens is 260 g/mol. The second-order valence-electron chi connectivity index (χ2n) is 4.91. The average Bonchev–Trinajstić information content (AvgIpc) is 2.80. The van der Waals surface area contributed by atoms with Crippen LogP contribution in [0.4, 0.5) is 0 Å². The molecule has 0 saturated carbocycles. The van der Waals surface area contributed by atoms with Crippen molar-refractivity contribution >= 4 is 18.3 Å². The second kappa shape index (κ2) is 6.73. The van der Waals surface area contributed by atoms with Crippen molar-refractivity contribution < 1.29 is 4.79 Å². The summed E-state index contributed by atoms with van der Waals surface area (Å²) in [6.45, 7) is 7.66. The number of hydrogen-bond acceptors (Lipinski definition) is 2. The van der Waals surface area contributed by atoms with Crippen LogP contribution in [-0.2, 0) is 11.3 Å². The summed E-state index contributed by atoms with van der Waals surface area (Å²) in [5, 5.41) is 6.10. The van der Waals surface area contributed by atoms with E-state index in [4.69, 9.17) is 0 Å². The fourth-order valence-corrected chi connectivity index (χ4v) is 2.42. The molecule has 0 spiro atoms. The van der Waals surface area contributed by atoms with Crippen LogP contribution < -0.4 is 10.6 Å². The van der Waals surface area contributed by atoms with E-state index >= 15 is 0 Å². The Morgan fingerprint density at radius 1 is 1.32 bits per heavy atom. The van der Waals surface area contributed by atoms with Gasteiger partial charge in [0.1, 0.15) is 6.04 Å². The predicted molar refractivity (Wildman–Crippen MR) is 80.7 cm³/mol. The molecule has 1 unspecified atom stereocenters. The van der Waals surface area contributed by atoms with Crippen LogP contribution in [-0.4, -0.2) is 18.5 Å². The van der Waals surface area contributed by atoms with Crippen LogP contribution in [0.3, 0.4) is 0 Å². The minimum atomic E-state index is -0.170. The molecule has 1 atom stereocenters. The maximum absolute atomic E-state index is 11.9. The topological polar surface area (TPSA) is 41.1 Å². The van der Waals surface area contributed by atoms with Crippen LogP contribution in [0.15, 0.2) is 24.3 Å². The Labute approximate surface area is 120 Å². The number of rotatable bonds is 3. The number of benzene rings is 1. The summed E-state index contributed by atoms with van der Waals surface area (Å²) in [4.78, 5) is 11.9. The first-order valence-electron chi connectivity index (χ1n) is 6.32. The zero-order valence-corrected chi connectivity index (χ0v) is 12.4. The Hall–Kier alpha value is -1.32. The molecule has 104 valence electrons. The molecule has 19 heavy (non-hydrogen) atoms. The van der Waals surface area contributed by atoms with E-state index < -0.39 is 0 Å². The van der Waals surface area contributed by atoms with Crippen LogP contribution in [0.2, 0.25) is 0 Å². The number of aryl methyl sites for hydroxylation is 3. The van der Waals surface area contributed by atoms with Crippen molar-refractivity contribution in [3.63, 3.8) is 0 Å². The molecule has 1 amide bonds. The van der Waals surface area contributed by atoms with Gasteiger partial charge in [-0.2, -0.15) is 0 Å². The summed E-state index contributed by atoms with van der Waals surface area (Å²) in [6, 6.07) is 4.14. The van der Waals surface area contributed by atoms with Gasteiger partial charge < -0.3 is 5.32 Å². The molecule has 0 saturated heterocycles. The third kappa shape index (κ3) is 3.82. The van der Waals surface area contributed by atoms with Crippen molar-refractivity contribution in [2.45, 2.75) is 33.4 Å². The highest BCUT2D eigenvalue weighted by molar-refractivity contribution is 5.85. The van der Waals surface area contributed by atoms with E-state index in [0.717, 1.165) is 6.54 Å². The van der Waals surface area contributed by atoms with E-state index in [-0.39, 0.29) is 24.4 Å². The highest BCUT2D eigenvalue weighted by Crippen LogP contribution is 2.16. The van der Waals surface area contributed by atoms with Crippen molar-refractivity contribution in [1.82, 2.24) is 10.6 Å². The number of carbonyl (C=O) groups excluding carboxylic acids is 1. The van der Waals surface area contributed by atoms with E-state index in [1.807, 2.05) is 12.2 Å². The van der Waals surface area contributed by atoms with E-state index in [9.17, 15) is 4.79 Å². The van der Waals surface area contributed by atoms with Gasteiger partial charge in [0.05, 0.1) is 0 Å². The summed E-state index contributed by atoms with van der Waals surface area (Å²) in [5.74, 6) is 0.0446. The van der Waals surface area contributed by atoms with Gasteiger partial charge in [-0.25, -0.2) is 0 Å². The van der Waals surface area contributed by atoms with E-state index in [2.05, 4.69) is 43.5 Å². The largest absolute Gasteiger partial charge is 0.350 e. The van der Waals surface area contributed by atoms with Crippen molar-refractivity contribution in [3.05, 3.63) is 46.5 Å². The number of nitrogens with one attached hydrogen (secondary N) is 2. The molecule has 3 nitrogen and oxygen atoms in total. The average molecular weight is 281 g/mol. The molecule has 2 rings (SSSR count). The molecule has 2 N–H and O–H groups in total. The standard InChI is InChI=1S/C15H20N2O.ClH/c1-10-7-11(2)13(12(3)8-10)9-17-15(18)14-5-4-6-16-14;/h4-5,7-8,14,16H,6,9H2,1-3H3,(H,17,18);1H. The van der Waals surface area contributed by atoms with Crippen molar-refractivity contribution in [2.75, 3.05) is 6.54 Å². The lowest BCUT2D eigenvalue weighted by Crippen LogP contribution is -2.40. The molecule has 0 bridgehead atoms. The van der Waals surface area contributed by atoms with E-state index in [1.165, 1.54) is 22.3 Å². The fraction of sp³-hybridized carbons (Fsp3) is 0.400. The lowest BCUT2D eigenvalue weighted by atomic mass is 10.00. The number of halogens is 1. The van der Waals surface area contributed by atoms with Crippen LogP contribution in [0, 0.1) is 20.8 Å². The summed E-state index contributed by atoms with van der Waals surface area (Å²) in [6.07, 6.45) is 3.89. The quantitative estimate of drug-likeness (QED) is 0.834. The molecule has 0 aliphatic carbocycles. The van der Waals surface area contributed by atoms with Gasteiger partial charge in [-0.1, -0.05) is 29.8 Å². The second-order valence-corrected chi connectivity index (χ2v) is 4.91. The Kier molecular flexibility index (Phi) is 5.58. The molecule has 0 fully saturated rings. The Morgan fingerprint density at radius 3 is 2.47 bits per heavy atom. The number of amides is 1. The minimum Gasteiger partial charge on any atom is -0.350 e. The third-order valence-electron chi connectivity index (χ3n) is 3.35. The van der Waals surface area contributed by atoms with Gasteiger partial charge in [-0.3, -0.25) is 10.1 Å². The molecule has 1 heterocycles. The summed E-state index contributed by atoms with van der Waals surface area (Å²) >= 11 is 0. The minimum absolute atomic E-state index is 0. The maximum atomic E-state index is 11.9. The summed E-state index contributed by atoms with van der Waals surface area (Å²) < 4.78 is 0. The first-order chi connectivity index (χ1) is 8.58. The van der Waals surface area contributed by atoms with Gasteiger partial charge in [0, 0.05) is 13.1 Å². The Balaban J connectivity index is 0.00000180. The fourth-order valence-electron chi connectivity index (χ4n) is 2.42. The molecule has 1 aromatic rings. The number of carbonyl (C=O) groups is 1. The smallest absolute Gasteiger partial charge is 0.241 e. The Morgan fingerprint density at radius 2 is 1.95 bits per heavy atom. The molecule has 4 heteroatoms. The summed E-state index contributed by atoms with van der Waals surface area (Å²) in [7, 11) is 0. The number of hydrogen-bond donors (Lipinski definition) is 2. The monoisotopic (exact) mass is 280 g/mol. The molecule has 1 aliphatic heterocycles. The van der Waals surface area contributed by atoms with Gasteiger partial charge in [0.2, 0.25) is 5.91 Å². The van der Waals surface area contributed by atoms with Crippen molar-refractivity contribution in [3.8, 4) is 0 Å². The SMILES string of the molecule is Cc1cc(C)c(CNC(=O)C2C=CCN2)c(C)c1.Cl. The van der Waals surface area contributed by atoms with Gasteiger partial charge >= 0.3 is 0 Å². The summed E-state index contributed by atoms with van der Waals surface area (Å²) in [5.41, 5.74) is 4.96. The molecule has 1 aliphatic rings. The molecular formula is C15H21ClN2O. The van der Waals surface area contributed by atoms with Gasteiger partial charge in [-0.05, 0) is 37.5 Å². The highest BCUT2D eigenvalue weighted by Gasteiger charge is 2.17. The molecule has 0 aromatic heterocycles. The zero-order valence-electron chi connectivity index (χ0n) is 11.6. The van der Waals surface area contributed by atoms with Gasteiger partial charge in [-0.15, -0.1) is 12.4 Å². The normalized spacial score (nSPS) is 17.1. The maximum Gasteiger partial charge on any atom is 0.241 e. The van der Waals surface area contributed by atoms with Crippen LogP contribution >= 0.6 is 12.4 Å². The highest BCUT2D eigenvalue weighted by atomic mass is 35.5. The van der Waals surface area contributed by atoms with E-state index in [1.54, 1.807) is 0 Å². The van der Waals surface area contributed by atoms with Crippen LogP contribution in [0.1, 0.15) is 22.3 Å². The zero-order chi connectivity index (χ0) is 13.1. The predicted octanol–water partition coefficient (Wildman–Crippen LogP) is 2.18. The Bertz CT molecular complexity index is 474. The van der Waals surface area contributed by atoms with E-state index in [0.29, 0.717) is 6.54 Å². The van der Waals surface area contributed by atoms with Crippen LogP contribution in [0.25, 0.3) is 0 Å². The van der Waals surface area contributed by atoms with Crippen molar-refractivity contribution in [1.29, 1.82) is 0 Å². The van der Waals surface area contributed by atoms with Crippen LogP contribution in [0.5, 0.6) is 0 Å². The molecule has 0 radical (unpaired) electrons. The van der Waals surface area contributed by atoms with Gasteiger partial charge in [0.25, 0.3) is 0 Å². The molecule has 1 aromatic carbocycles. The lowest BCUT2D eigenvalue weighted by Gasteiger charge is -2.14. The third-order valence-corrected chi connectivity index (χ3v) is 3.35. The first-order valence-corrected chi connectivity index (χ1v) is 6.32. The van der Waals surface area contributed by atoms with Gasteiger partial charge in [0.15, 0.2) is 0 Å². The van der Waals surface area contributed by atoms with Crippen molar-refractivity contribution in [2.24, 2.45) is 0 Å².